The normalized spacial score (nSPS) is 13.4. The number of nitrogens with two attached hydrogens (primary N) is 2. The predicted octanol–water partition coefficient (Wildman–Crippen LogP) is 1.34. The molecule has 0 saturated heterocycles. The smallest absolute Gasteiger partial charge is 0.173 e. The van der Waals surface area contributed by atoms with Crippen LogP contribution in [0.2, 0.25) is 0 Å². The van der Waals surface area contributed by atoms with Crippen LogP contribution in [-0.2, 0) is 0 Å². The molecule has 1 aromatic rings. The fourth-order valence-electron chi connectivity index (χ4n) is 1.40. The molecule has 0 bridgehead atoms. The van der Waals surface area contributed by atoms with Crippen LogP contribution in [0.25, 0.3) is 0 Å². The van der Waals surface area contributed by atoms with Crippen molar-refractivity contribution in [2.45, 2.75) is 39.5 Å². The maximum Gasteiger partial charge on any atom is 0.173 e. The second-order valence-electron chi connectivity index (χ2n) is 4.66. The van der Waals surface area contributed by atoms with Gasteiger partial charge >= 0.3 is 0 Å². The fraction of sp³-hybridized carbons (Fsp3) is 0.571. The second kappa shape index (κ2) is 9.61. The molecule has 5 nitrogen and oxygen atoms in total. The first-order valence-electron chi connectivity index (χ1n) is 6.47. The molecule has 6 N–H and O–H groups in total. The van der Waals surface area contributed by atoms with Gasteiger partial charge in [-0.1, -0.05) is 13.8 Å². The molecule has 110 valence electrons. The summed E-state index contributed by atoms with van der Waals surface area (Å²) < 4.78 is 5.40. The minimum atomic E-state index is -0.703. The van der Waals surface area contributed by atoms with Gasteiger partial charge in [-0.25, -0.2) is 0 Å². The van der Waals surface area contributed by atoms with Crippen LogP contribution in [0.1, 0.15) is 27.2 Å². The van der Waals surface area contributed by atoms with Crippen molar-refractivity contribution in [3.05, 3.63) is 24.3 Å². The lowest BCUT2D eigenvalue weighted by atomic mass is 10.1. The molecule has 0 aliphatic carbocycles. The van der Waals surface area contributed by atoms with Crippen LogP contribution in [0.15, 0.2) is 24.3 Å². The van der Waals surface area contributed by atoms with E-state index in [9.17, 15) is 5.11 Å². The van der Waals surface area contributed by atoms with Gasteiger partial charge in [0.1, 0.15) is 11.9 Å². The highest BCUT2D eigenvalue weighted by molar-refractivity contribution is 5.41. The average Bonchev–Trinajstić information content (AvgIpc) is 2.32. The molecule has 2 atom stereocenters. The monoisotopic (exact) mass is 270 g/mol. The molecule has 0 fully saturated rings. The SMILES string of the molecule is CC(C)CC(O)C(N)Oc1ccc(N)cc1.CCO. The van der Waals surface area contributed by atoms with Crippen LogP contribution in [0, 0.1) is 5.92 Å². The number of nitrogen functional groups attached to an aromatic ring is 1. The van der Waals surface area contributed by atoms with Gasteiger partial charge < -0.3 is 20.7 Å². The first-order chi connectivity index (χ1) is 8.90. The maximum absolute atomic E-state index is 9.73. The van der Waals surface area contributed by atoms with Crippen LogP contribution in [0.3, 0.4) is 0 Å². The van der Waals surface area contributed by atoms with Crippen molar-refractivity contribution in [2.24, 2.45) is 11.7 Å². The van der Waals surface area contributed by atoms with E-state index in [1.54, 1.807) is 31.2 Å². The summed E-state index contributed by atoms with van der Waals surface area (Å²) in [6, 6.07) is 6.93. The summed E-state index contributed by atoms with van der Waals surface area (Å²) >= 11 is 0. The number of ether oxygens (including phenoxy) is 1. The van der Waals surface area contributed by atoms with Gasteiger partial charge in [-0.15, -0.1) is 0 Å². The van der Waals surface area contributed by atoms with Gasteiger partial charge in [-0.05, 0) is 43.5 Å². The quantitative estimate of drug-likeness (QED) is 0.478. The van der Waals surface area contributed by atoms with E-state index in [0.717, 1.165) is 0 Å². The molecule has 0 spiro atoms. The van der Waals surface area contributed by atoms with E-state index in [1.807, 2.05) is 13.8 Å². The van der Waals surface area contributed by atoms with Crippen LogP contribution < -0.4 is 16.2 Å². The highest BCUT2D eigenvalue weighted by Gasteiger charge is 2.17. The third-order valence-electron chi connectivity index (χ3n) is 2.24. The van der Waals surface area contributed by atoms with Gasteiger partial charge in [0.2, 0.25) is 0 Å². The molecule has 0 aliphatic heterocycles. The van der Waals surface area contributed by atoms with Crippen molar-refractivity contribution < 1.29 is 14.9 Å². The zero-order valence-electron chi connectivity index (χ0n) is 11.9. The molecule has 0 radical (unpaired) electrons. The molecule has 0 aromatic heterocycles. The summed E-state index contributed by atoms with van der Waals surface area (Å²) in [5.74, 6) is 1.00. The van der Waals surface area contributed by atoms with Crippen LogP contribution in [0.4, 0.5) is 5.69 Å². The zero-order valence-corrected chi connectivity index (χ0v) is 11.9. The standard InChI is InChI=1S/C12H20N2O2.C2H6O/c1-8(2)7-11(15)12(14)16-10-5-3-9(13)4-6-10;1-2-3/h3-6,8,11-12,15H,7,13-14H2,1-2H3;3H,2H2,1H3. The molecule has 1 rings (SSSR count). The summed E-state index contributed by atoms with van der Waals surface area (Å²) in [7, 11) is 0. The Morgan fingerprint density at radius 2 is 1.68 bits per heavy atom. The summed E-state index contributed by atoms with van der Waals surface area (Å²) in [6.45, 7) is 5.98. The van der Waals surface area contributed by atoms with E-state index in [4.69, 9.17) is 21.3 Å². The van der Waals surface area contributed by atoms with Gasteiger partial charge in [-0.3, -0.25) is 5.73 Å². The molecular weight excluding hydrogens is 244 g/mol. The van der Waals surface area contributed by atoms with Crippen molar-refractivity contribution in [3.63, 3.8) is 0 Å². The molecule has 0 saturated carbocycles. The van der Waals surface area contributed by atoms with Gasteiger partial charge in [0.15, 0.2) is 6.23 Å². The highest BCUT2D eigenvalue weighted by Crippen LogP contribution is 2.16. The van der Waals surface area contributed by atoms with Gasteiger partial charge in [0.05, 0.1) is 0 Å². The lowest BCUT2D eigenvalue weighted by molar-refractivity contribution is 0.0268. The van der Waals surface area contributed by atoms with Gasteiger partial charge in [-0.2, -0.15) is 0 Å². The Balaban J connectivity index is 0.000000982. The summed E-state index contributed by atoms with van der Waals surface area (Å²) in [6.07, 6.45) is -0.737. The lowest BCUT2D eigenvalue weighted by Crippen LogP contribution is -2.40. The molecule has 0 amide bonds. The number of hydrogen-bond acceptors (Lipinski definition) is 5. The maximum atomic E-state index is 9.73. The predicted molar refractivity (Wildman–Crippen MR) is 77.7 cm³/mol. The minimum Gasteiger partial charge on any atom is -0.473 e. The Bertz CT molecular complexity index is 328. The first-order valence-corrected chi connectivity index (χ1v) is 6.47. The largest absolute Gasteiger partial charge is 0.473 e. The molecule has 0 heterocycles. The number of aliphatic hydroxyl groups excluding tert-OH is 2. The molecular formula is C14H26N2O3. The topological polar surface area (TPSA) is 102 Å². The number of anilines is 1. The van der Waals surface area contributed by atoms with Crippen LogP contribution in [-0.4, -0.2) is 29.2 Å². The van der Waals surface area contributed by atoms with E-state index in [-0.39, 0.29) is 6.61 Å². The number of aliphatic hydroxyl groups is 2. The van der Waals surface area contributed by atoms with Crippen molar-refractivity contribution in [1.82, 2.24) is 0 Å². The van der Waals surface area contributed by atoms with Gasteiger partial charge in [0.25, 0.3) is 0 Å². The van der Waals surface area contributed by atoms with Crippen LogP contribution >= 0.6 is 0 Å². The molecule has 0 aliphatic rings. The summed E-state index contributed by atoms with van der Waals surface area (Å²) in [5.41, 5.74) is 11.9. The average molecular weight is 270 g/mol. The van der Waals surface area contributed by atoms with Crippen molar-refractivity contribution in [2.75, 3.05) is 12.3 Å². The summed E-state index contributed by atoms with van der Waals surface area (Å²) in [5, 5.41) is 17.3. The third kappa shape index (κ3) is 8.42. The van der Waals surface area contributed by atoms with E-state index in [1.165, 1.54) is 0 Å². The van der Waals surface area contributed by atoms with Crippen LogP contribution in [0.5, 0.6) is 5.75 Å². The second-order valence-corrected chi connectivity index (χ2v) is 4.66. The van der Waals surface area contributed by atoms with E-state index >= 15 is 0 Å². The van der Waals surface area contributed by atoms with Crippen molar-refractivity contribution in [3.8, 4) is 5.75 Å². The van der Waals surface area contributed by atoms with E-state index in [0.29, 0.717) is 23.8 Å². The molecule has 1 aromatic carbocycles. The minimum absolute atomic E-state index is 0.250. The number of hydrogen-bond donors (Lipinski definition) is 4. The molecule has 5 heteroatoms. The van der Waals surface area contributed by atoms with Gasteiger partial charge in [0, 0.05) is 12.3 Å². The Morgan fingerprint density at radius 3 is 2.11 bits per heavy atom. The number of rotatable bonds is 5. The van der Waals surface area contributed by atoms with Crippen molar-refractivity contribution >= 4 is 5.69 Å². The fourth-order valence-corrected chi connectivity index (χ4v) is 1.40. The van der Waals surface area contributed by atoms with E-state index < -0.39 is 12.3 Å². The Hall–Kier alpha value is -1.30. The first kappa shape index (κ1) is 17.7. The third-order valence-corrected chi connectivity index (χ3v) is 2.24. The Kier molecular flexibility index (Phi) is 8.95. The lowest BCUT2D eigenvalue weighted by Gasteiger charge is -2.21. The molecule has 2 unspecified atom stereocenters. The molecule has 19 heavy (non-hydrogen) atoms. The zero-order chi connectivity index (χ0) is 14.8. The highest BCUT2D eigenvalue weighted by atomic mass is 16.5. The Labute approximate surface area is 115 Å². The number of benzene rings is 1. The van der Waals surface area contributed by atoms with Crippen molar-refractivity contribution in [1.29, 1.82) is 0 Å². The Morgan fingerprint density at radius 1 is 1.21 bits per heavy atom. The summed E-state index contributed by atoms with van der Waals surface area (Å²) in [4.78, 5) is 0. The van der Waals surface area contributed by atoms with E-state index in [2.05, 4.69) is 0 Å².